The minimum Gasteiger partial charge on any atom is -0.493 e. The minimum absolute atomic E-state index is 0.0357. The van der Waals surface area contributed by atoms with E-state index in [2.05, 4.69) is 17.0 Å². The first-order chi connectivity index (χ1) is 14.3. The van der Waals surface area contributed by atoms with E-state index in [1.54, 1.807) is 7.11 Å². The SMILES string of the molecule is COc1cccc2c1Oc1ccccc1CN(CC1COc3ccccc3O1)C2. The van der Waals surface area contributed by atoms with Crippen LogP contribution < -0.4 is 18.9 Å². The Hall–Kier alpha value is -3.18. The van der Waals surface area contributed by atoms with Gasteiger partial charge < -0.3 is 18.9 Å². The third-order valence-corrected chi connectivity index (χ3v) is 5.28. The first-order valence-corrected chi connectivity index (χ1v) is 9.82. The molecule has 5 nitrogen and oxygen atoms in total. The van der Waals surface area contributed by atoms with Gasteiger partial charge in [-0.3, -0.25) is 4.90 Å². The quantitative estimate of drug-likeness (QED) is 0.653. The highest BCUT2D eigenvalue weighted by atomic mass is 16.6. The molecule has 2 heterocycles. The van der Waals surface area contributed by atoms with Gasteiger partial charge in [-0.2, -0.15) is 0 Å². The maximum Gasteiger partial charge on any atom is 0.173 e. The van der Waals surface area contributed by atoms with Crippen LogP contribution in [0.3, 0.4) is 0 Å². The molecule has 0 aliphatic carbocycles. The molecule has 0 bridgehead atoms. The summed E-state index contributed by atoms with van der Waals surface area (Å²) in [6.45, 7) is 2.80. The molecule has 148 valence electrons. The molecule has 0 saturated carbocycles. The van der Waals surface area contributed by atoms with Crippen LogP contribution in [0.25, 0.3) is 0 Å². The highest BCUT2D eigenvalue weighted by molar-refractivity contribution is 5.51. The van der Waals surface area contributed by atoms with Crippen molar-refractivity contribution < 1.29 is 18.9 Å². The summed E-state index contributed by atoms with van der Waals surface area (Å²) in [5, 5.41) is 0. The number of nitrogens with zero attached hydrogens (tertiary/aromatic N) is 1. The average Bonchev–Trinajstić information content (AvgIpc) is 2.74. The third kappa shape index (κ3) is 3.61. The second-order valence-corrected chi connectivity index (χ2v) is 7.33. The van der Waals surface area contributed by atoms with E-state index < -0.39 is 0 Å². The van der Waals surface area contributed by atoms with Crippen LogP contribution in [0.1, 0.15) is 11.1 Å². The molecule has 0 saturated heterocycles. The molecule has 5 heteroatoms. The summed E-state index contributed by atoms with van der Waals surface area (Å²) in [6.07, 6.45) is -0.0357. The number of para-hydroxylation sites is 4. The minimum atomic E-state index is -0.0357. The molecular weight excluding hydrogens is 366 g/mol. The Bertz CT molecular complexity index is 1020. The summed E-state index contributed by atoms with van der Waals surface area (Å²) in [5.41, 5.74) is 2.23. The fourth-order valence-corrected chi connectivity index (χ4v) is 3.91. The van der Waals surface area contributed by atoms with E-state index in [-0.39, 0.29) is 6.10 Å². The van der Waals surface area contributed by atoms with Crippen molar-refractivity contribution in [2.24, 2.45) is 0 Å². The van der Waals surface area contributed by atoms with E-state index in [0.29, 0.717) is 6.61 Å². The predicted molar refractivity (Wildman–Crippen MR) is 110 cm³/mol. The Labute approximate surface area is 170 Å². The molecule has 3 aromatic rings. The zero-order valence-electron chi connectivity index (χ0n) is 16.3. The number of rotatable bonds is 3. The molecule has 2 aliphatic heterocycles. The summed E-state index contributed by atoms with van der Waals surface area (Å²) in [4.78, 5) is 2.38. The van der Waals surface area contributed by atoms with Crippen LogP contribution in [-0.4, -0.2) is 31.3 Å². The fourth-order valence-electron chi connectivity index (χ4n) is 3.91. The molecule has 0 radical (unpaired) electrons. The Morgan fingerprint density at radius 1 is 0.862 bits per heavy atom. The lowest BCUT2D eigenvalue weighted by molar-refractivity contribution is 0.0531. The standard InChI is InChI=1S/C24H23NO4/c1-26-23-12-6-8-18-14-25(13-17-7-2-3-9-20(17)29-24(18)23)15-19-16-27-21-10-4-5-11-22(21)28-19/h2-12,19H,13-16H2,1H3. The summed E-state index contributed by atoms with van der Waals surface area (Å²) < 4.78 is 24.0. The van der Waals surface area contributed by atoms with Gasteiger partial charge >= 0.3 is 0 Å². The molecule has 3 aromatic carbocycles. The topological polar surface area (TPSA) is 40.2 Å². The molecule has 0 N–H and O–H groups in total. The summed E-state index contributed by atoms with van der Waals surface area (Å²) >= 11 is 0. The van der Waals surface area contributed by atoms with Gasteiger partial charge in [0.15, 0.2) is 23.0 Å². The normalized spacial score (nSPS) is 17.9. The van der Waals surface area contributed by atoms with Crippen molar-refractivity contribution in [1.82, 2.24) is 4.90 Å². The van der Waals surface area contributed by atoms with Crippen LogP contribution in [0.5, 0.6) is 28.7 Å². The molecule has 29 heavy (non-hydrogen) atoms. The van der Waals surface area contributed by atoms with Gasteiger partial charge in [0.1, 0.15) is 18.5 Å². The second kappa shape index (κ2) is 7.68. The number of hydrogen-bond donors (Lipinski definition) is 0. The Balaban J connectivity index is 1.44. The van der Waals surface area contributed by atoms with Crippen LogP contribution in [0.4, 0.5) is 0 Å². The van der Waals surface area contributed by atoms with E-state index >= 15 is 0 Å². The number of ether oxygens (including phenoxy) is 4. The smallest absolute Gasteiger partial charge is 0.173 e. The van der Waals surface area contributed by atoms with Crippen molar-refractivity contribution >= 4 is 0 Å². The second-order valence-electron chi connectivity index (χ2n) is 7.33. The maximum absolute atomic E-state index is 6.28. The van der Waals surface area contributed by atoms with Gasteiger partial charge in [-0.15, -0.1) is 0 Å². The van der Waals surface area contributed by atoms with Crippen molar-refractivity contribution in [1.29, 1.82) is 0 Å². The lowest BCUT2D eigenvalue weighted by Gasteiger charge is -2.33. The van der Waals surface area contributed by atoms with Gasteiger partial charge in [-0.05, 0) is 24.3 Å². The van der Waals surface area contributed by atoms with Gasteiger partial charge in [0.25, 0.3) is 0 Å². The van der Waals surface area contributed by atoms with Gasteiger partial charge in [0.2, 0.25) is 0 Å². The van der Waals surface area contributed by atoms with E-state index in [4.69, 9.17) is 18.9 Å². The Morgan fingerprint density at radius 3 is 2.45 bits per heavy atom. The van der Waals surface area contributed by atoms with Crippen molar-refractivity contribution in [3.63, 3.8) is 0 Å². The highest BCUT2D eigenvalue weighted by Gasteiger charge is 2.26. The van der Waals surface area contributed by atoms with Crippen molar-refractivity contribution in [3.8, 4) is 28.7 Å². The lowest BCUT2D eigenvalue weighted by atomic mass is 10.1. The molecule has 2 aliphatic rings. The third-order valence-electron chi connectivity index (χ3n) is 5.28. The van der Waals surface area contributed by atoms with Gasteiger partial charge in [0.05, 0.1) is 7.11 Å². The van der Waals surface area contributed by atoms with Crippen molar-refractivity contribution in [2.45, 2.75) is 19.2 Å². The zero-order valence-corrected chi connectivity index (χ0v) is 16.3. The summed E-state index contributed by atoms with van der Waals surface area (Å²) in [7, 11) is 1.67. The van der Waals surface area contributed by atoms with Crippen LogP contribution >= 0.6 is 0 Å². The molecule has 0 aromatic heterocycles. The molecule has 0 spiro atoms. The maximum atomic E-state index is 6.28. The van der Waals surface area contributed by atoms with Crippen LogP contribution in [-0.2, 0) is 13.1 Å². The monoisotopic (exact) mass is 389 g/mol. The molecule has 5 rings (SSSR count). The van der Waals surface area contributed by atoms with Crippen molar-refractivity contribution in [3.05, 3.63) is 77.9 Å². The average molecular weight is 389 g/mol. The summed E-state index contributed by atoms with van der Waals surface area (Å²) in [6, 6.07) is 22.0. The Kier molecular flexibility index (Phi) is 4.74. The fraction of sp³-hybridized carbons (Fsp3) is 0.250. The largest absolute Gasteiger partial charge is 0.493 e. The number of benzene rings is 3. The van der Waals surface area contributed by atoms with E-state index in [0.717, 1.165) is 59.5 Å². The molecule has 1 atom stereocenters. The molecule has 0 amide bonds. The first-order valence-electron chi connectivity index (χ1n) is 9.82. The van der Waals surface area contributed by atoms with Crippen LogP contribution in [0.15, 0.2) is 66.7 Å². The predicted octanol–water partition coefficient (Wildman–Crippen LogP) is 4.64. The number of fused-ring (bicyclic) bond motifs is 3. The zero-order chi connectivity index (χ0) is 19.6. The van der Waals surface area contributed by atoms with E-state index in [1.165, 1.54) is 0 Å². The van der Waals surface area contributed by atoms with Crippen molar-refractivity contribution in [2.75, 3.05) is 20.3 Å². The highest BCUT2D eigenvalue weighted by Crippen LogP contribution is 2.39. The number of methoxy groups -OCH3 is 1. The summed E-state index contributed by atoms with van der Waals surface area (Å²) in [5.74, 6) is 3.99. The van der Waals surface area contributed by atoms with Gasteiger partial charge in [0, 0.05) is 30.8 Å². The molecule has 0 fully saturated rings. The van der Waals surface area contributed by atoms with E-state index in [9.17, 15) is 0 Å². The lowest BCUT2D eigenvalue weighted by Crippen LogP contribution is -2.40. The van der Waals surface area contributed by atoms with Gasteiger partial charge in [-0.1, -0.05) is 42.5 Å². The van der Waals surface area contributed by atoms with Crippen LogP contribution in [0.2, 0.25) is 0 Å². The Morgan fingerprint density at radius 2 is 1.59 bits per heavy atom. The molecule has 1 unspecified atom stereocenters. The molecular formula is C24H23NO4. The first kappa shape index (κ1) is 17.9. The van der Waals surface area contributed by atoms with Gasteiger partial charge in [-0.25, -0.2) is 0 Å². The number of hydrogen-bond acceptors (Lipinski definition) is 5. The van der Waals surface area contributed by atoms with E-state index in [1.807, 2.05) is 54.6 Å². The van der Waals surface area contributed by atoms with Crippen LogP contribution in [0, 0.1) is 0 Å².